The molecule has 88 valence electrons. The second-order valence-corrected chi connectivity index (χ2v) is 3.98. The molecule has 1 N–H and O–H groups in total. The summed E-state index contributed by atoms with van der Waals surface area (Å²) in [6.45, 7) is 2.94. The van der Waals surface area contributed by atoms with Gasteiger partial charge in [0.25, 0.3) is 0 Å². The Morgan fingerprint density at radius 1 is 1.47 bits per heavy atom. The highest BCUT2D eigenvalue weighted by Crippen LogP contribution is 2.22. The maximum Gasteiger partial charge on any atom is 0.319 e. The third kappa shape index (κ3) is 4.62. The van der Waals surface area contributed by atoms with Crippen molar-refractivity contribution in [2.24, 2.45) is 0 Å². The number of unbranched alkanes of at least 4 members (excludes halogenated alkanes) is 1. The van der Waals surface area contributed by atoms with Gasteiger partial charge in [0.15, 0.2) is 0 Å². The molecule has 1 fully saturated rings. The number of rotatable bonds is 7. The number of carbonyl (C=O) groups excluding carboxylic acids is 1. The van der Waals surface area contributed by atoms with E-state index in [9.17, 15) is 4.79 Å². The average Bonchev–Trinajstić information content (AvgIpc) is 2.16. The fourth-order valence-electron chi connectivity index (χ4n) is 1.53. The Bertz CT molecular complexity index is 190. The molecule has 1 rings (SSSR count). The van der Waals surface area contributed by atoms with Crippen LogP contribution in [-0.4, -0.2) is 38.4 Å². The molecule has 0 radical (unpaired) electrons. The Morgan fingerprint density at radius 3 is 2.80 bits per heavy atom. The predicted octanol–water partition coefficient (Wildman–Crippen LogP) is 1.10. The van der Waals surface area contributed by atoms with E-state index in [0.717, 1.165) is 25.7 Å². The Morgan fingerprint density at radius 2 is 2.20 bits per heavy atom. The highest BCUT2D eigenvalue weighted by atomic mass is 16.5. The summed E-state index contributed by atoms with van der Waals surface area (Å²) >= 11 is 0. The van der Waals surface area contributed by atoms with Crippen LogP contribution in [0.15, 0.2) is 0 Å². The maximum atomic E-state index is 11.2. The highest BCUT2D eigenvalue weighted by molar-refractivity contribution is 5.71. The predicted molar refractivity (Wildman–Crippen MR) is 57.7 cm³/mol. The normalized spacial score (nSPS) is 24.7. The lowest BCUT2D eigenvalue weighted by molar-refractivity contribution is -0.143. The topological polar surface area (TPSA) is 47.6 Å². The molecule has 1 aliphatic rings. The molecule has 1 saturated carbocycles. The first-order valence-corrected chi connectivity index (χ1v) is 5.68. The number of hydrogen-bond acceptors (Lipinski definition) is 4. The SMILES string of the molecule is CCCCOC(=O)CNC1CC(OC)C1. The van der Waals surface area contributed by atoms with Crippen molar-refractivity contribution in [3.8, 4) is 0 Å². The van der Waals surface area contributed by atoms with Gasteiger partial charge in [-0.3, -0.25) is 4.79 Å². The van der Waals surface area contributed by atoms with Crippen LogP contribution in [0.25, 0.3) is 0 Å². The zero-order chi connectivity index (χ0) is 11.1. The molecule has 1 aliphatic carbocycles. The summed E-state index contributed by atoms with van der Waals surface area (Å²) in [5.41, 5.74) is 0. The van der Waals surface area contributed by atoms with Gasteiger partial charge in [-0.15, -0.1) is 0 Å². The van der Waals surface area contributed by atoms with Gasteiger partial charge < -0.3 is 14.8 Å². The van der Waals surface area contributed by atoms with Crippen LogP contribution in [0.3, 0.4) is 0 Å². The third-order valence-electron chi connectivity index (χ3n) is 2.72. The average molecular weight is 215 g/mol. The Balaban J connectivity index is 1.94. The summed E-state index contributed by atoms with van der Waals surface area (Å²) in [5, 5.41) is 3.16. The van der Waals surface area contributed by atoms with Crippen molar-refractivity contribution < 1.29 is 14.3 Å². The van der Waals surface area contributed by atoms with E-state index >= 15 is 0 Å². The van der Waals surface area contributed by atoms with Gasteiger partial charge in [-0.25, -0.2) is 0 Å². The Kier molecular flexibility index (Phi) is 5.65. The molecule has 0 heterocycles. The smallest absolute Gasteiger partial charge is 0.319 e. The molecule has 0 spiro atoms. The quantitative estimate of drug-likeness (QED) is 0.510. The fraction of sp³-hybridized carbons (Fsp3) is 0.909. The molecule has 0 atom stereocenters. The molecule has 0 saturated heterocycles. The number of carbonyl (C=O) groups is 1. The van der Waals surface area contributed by atoms with Crippen molar-refractivity contribution in [2.45, 2.75) is 44.8 Å². The molecule has 0 aromatic heterocycles. The van der Waals surface area contributed by atoms with Gasteiger partial charge in [-0.2, -0.15) is 0 Å². The van der Waals surface area contributed by atoms with Crippen LogP contribution < -0.4 is 5.32 Å². The van der Waals surface area contributed by atoms with Gasteiger partial charge >= 0.3 is 5.97 Å². The summed E-state index contributed by atoms with van der Waals surface area (Å²) < 4.78 is 10.2. The van der Waals surface area contributed by atoms with Gasteiger partial charge in [0.2, 0.25) is 0 Å². The zero-order valence-corrected chi connectivity index (χ0v) is 9.62. The lowest BCUT2D eigenvalue weighted by Gasteiger charge is -2.34. The largest absolute Gasteiger partial charge is 0.465 e. The number of ether oxygens (including phenoxy) is 2. The number of hydrogen-bond donors (Lipinski definition) is 1. The monoisotopic (exact) mass is 215 g/mol. The molecule has 0 unspecified atom stereocenters. The number of methoxy groups -OCH3 is 1. The summed E-state index contributed by atoms with van der Waals surface area (Å²) in [5.74, 6) is -0.149. The standard InChI is InChI=1S/C11H21NO3/c1-3-4-5-15-11(13)8-12-9-6-10(7-9)14-2/h9-10,12H,3-8H2,1-2H3. The van der Waals surface area contributed by atoms with Crippen molar-refractivity contribution in [3.05, 3.63) is 0 Å². The van der Waals surface area contributed by atoms with Gasteiger partial charge in [-0.1, -0.05) is 13.3 Å². The van der Waals surface area contributed by atoms with Crippen LogP contribution in [0.2, 0.25) is 0 Å². The lowest BCUT2D eigenvalue weighted by Crippen LogP contribution is -2.46. The van der Waals surface area contributed by atoms with Gasteiger partial charge in [0.05, 0.1) is 19.3 Å². The van der Waals surface area contributed by atoms with Gasteiger partial charge in [0.1, 0.15) is 0 Å². The lowest BCUT2D eigenvalue weighted by atomic mass is 9.89. The van der Waals surface area contributed by atoms with E-state index < -0.39 is 0 Å². The molecule has 4 heteroatoms. The van der Waals surface area contributed by atoms with E-state index in [4.69, 9.17) is 9.47 Å². The van der Waals surface area contributed by atoms with Crippen molar-refractivity contribution >= 4 is 5.97 Å². The van der Waals surface area contributed by atoms with E-state index in [1.807, 2.05) is 0 Å². The molecule has 0 bridgehead atoms. The van der Waals surface area contributed by atoms with E-state index in [1.165, 1.54) is 0 Å². The first-order chi connectivity index (χ1) is 7.26. The van der Waals surface area contributed by atoms with E-state index in [1.54, 1.807) is 7.11 Å². The van der Waals surface area contributed by atoms with E-state index in [2.05, 4.69) is 12.2 Å². The second-order valence-electron chi connectivity index (χ2n) is 3.98. The molecule has 0 aromatic carbocycles. The summed E-state index contributed by atoms with van der Waals surface area (Å²) in [7, 11) is 1.72. The number of esters is 1. The summed E-state index contributed by atoms with van der Waals surface area (Å²) in [6, 6.07) is 0.425. The molecular formula is C11H21NO3. The van der Waals surface area contributed by atoms with Crippen molar-refractivity contribution in [3.63, 3.8) is 0 Å². The molecule has 0 aliphatic heterocycles. The Hall–Kier alpha value is -0.610. The molecule has 0 amide bonds. The van der Waals surface area contributed by atoms with Crippen LogP contribution in [0.1, 0.15) is 32.6 Å². The second kappa shape index (κ2) is 6.80. The van der Waals surface area contributed by atoms with Crippen LogP contribution in [0, 0.1) is 0 Å². The van der Waals surface area contributed by atoms with Crippen LogP contribution >= 0.6 is 0 Å². The van der Waals surface area contributed by atoms with Gasteiger partial charge in [-0.05, 0) is 19.3 Å². The zero-order valence-electron chi connectivity index (χ0n) is 9.62. The van der Waals surface area contributed by atoms with E-state index in [-0.39, 0.29) is 5.97 Å². The minimum Gasteiger partial charge on any atom is -0.465 e. The first kappa shape index (κ1) is 12.5. The number of nitrogens with one attached hydrogen (secondary N) is 1. The van der Waals surface area contributed by atoms with Crippen molar-refractivity contribution in [2.75, 3.05) is 20.3 Å². The van der Waals surface area contributed by atoms with Crippen LogP contribution in [0.4, 0.5) is 0 Å². The summed E-state index contributed by atoms with van der Waals surface area (Å²) in [4.78, 5) is 11.2. The fourth-order valence-corrected chi connectivity index (χ4v) is 1.53. The maximum absolute atomic E-state index is 11.2. The highest BCUT2D eigenvalue weighted by Gasteiger charge is 2.28. The molecular weight excluding hydrogens is 194 g/mol. The minimum atomic E-state index is -0.149. The minimum absolute atomic E-state index is 0.149. The summed E-state index contributed by atoms with van der Waals surface area (Å²) in [6.07, 6.45) is 4.37. The van der Waals surface area contributed by atoms with E-state index in [0.29, 0.717) is 25.3 Å². The molecule has 4 nitrogen and oxygen atoms in total. The van der Waals surface area contributed by atoms with Crippen LogP contribution in [-0.2, 0) is 14.3 Å². The third-order valence-corrected chi connectivity index (χ3v) is 2.72. The van der Waals surface area contributed by atoms with Gasteiger partial charge in [0, 0.05) is 13.2 Å². The molecule has 0 aromatic rings. The van der Waals surface area contributed by atoms with Crippen molar-refractivity contribution in [1.82, 2.24) is 5.32 Å². The first-order valence-electron chi connectivity index (χ1n) is 5.68. The molecule has 15 heavy (non-hydrogen) atoms. The van der Waals surface area contributed by atoms with Crippen molar-refractivity contribution in [1.29, 1.82) is 0 Å². The Labute approximate surface area is 91.3 Å². The van der Waals surface area contributed by atoms with Crippen LogP contribution in [0.5, 0.6) is 0 Å².